The van der Waals surface area contributed by atoms with Gasteiger partial charge >= 0.3 is 0 Å². The number of carbonyl (C=O) groups is 1. The standard InChI is InChI=1S/C10H9BrN2OS2/c1-5(9(12)14)15-10-13-8-6(11)3-2-4-7(8)16-10/h2-5H,1H3,(H2,12,14). The number of nitrogens with zero attached hydrogens (tertiary/aromatic N) is 1. The highest BCUT2D eigenvalue weighted by Gasteiger charge is 2.14. The Hall–Kier alpha value is -0.590. The second-order valence-electron chi connectivity index (χ2n) is 3.23. The molecule has 0 bridgehead atoms. The minimum Gasteiger partial charge on any atom is -0.369 e. The van der Waals surface area contributed by atoms with Gasteiger partial charge in [-0.2, -0.15) is 0 Å². The summed E-state index contributed by atoms with van der Waals surface area (Å²) in [6.45, 7) is 1.79. The van der Waals surface area contributed by atoms with Gasteiger partial charge in [-0.1, -0.05) is 17.8 Å². The van der Waals surface area contributed by atoms with Crippen molar-refractivity contribution in [3.63, 3.8) is 0 Å². The molecule has 0 saturated heterocycles. The van der Waals surface area contributed by atoms with Crippen LogP contribution in [0.5, 0.6) is 0 Å². The Bertz CT molecular complexity index is 541. The van der Waals surface area contributed by atoms with E-state index in [1.165, 1.54) is 11.8 Å². The number of amides is 1. The average molecular weight is 317 g/mol. The van der Waals surface area contributed by atoms with E-state index in [2.05, 4.69) is 20.9 Å². The third kappa shape index (κ3) is 2.39. The number of thiazole rings is 1. The van der Waals surface area contributed by atoms with Gasteiger partial charge in [0.25, 0.3) is 0 Å². The first-order chi connectivity index (χ1) is 7.58. The maximum atomic E-state index is 11.0. The van der Waals surface area contributed by atoms with E-state index in [0.29, 0.717) is 0 Å². The van der Waals surface area contributed by atoms with E-state index in [-0.39, 0.29) is 11.2 Å². The minimum absolute atomic E-state index is 0.251. The van der Waals surface area contributed by atoms with Gasteiger partial charge in [-0.05, 0) is 35.0 Å². The highest BCUT2D eigenvalue weighted by molar-refractivity contribution is 9.10. The fourth-order valence-corrected chi connectivity index (χ4v) is 3.92. The molecule has 1 amide bonds. The van der Waals surface area contributed by atoms with Crippen molar-refractivity contribution in [2.45, 2.75) is 16.5 Å². The van der Waals surface area contributed by atoms with E-state index >= 15 is 0 Å². The van der Waals surface area contributed by atoms with E-state index in [1.54, 1.807) is 18.3 Å². The minimum atomic E-state index is -0.316. The van der Waals surface area contributed by atoms with Crippen LogP contribution in [-0.4, -0.2) is 16.1 Å². The number of primary amides is 1. The van der Waals surface area contributed by atoms with Gasteiger partial charge in [-0.3, -0.25) is 4.79 Å². The summed E-state index contributed by atoms with van der Waals surface area (Å²) in [5.41, 5.74) is 6.15. The molecule has 0 aliphatic rings. The highest BCUT2D eigenvalue weighted by Crippen LogP contribution is 2.34. The maximum absolute atomic E-state index is 11.0. The van der Waals surface area contributed by atoms with Crippen LogP contribution in [0.1, 0.15) is 6.92 Å². The summed E-state index contributed by atoms with van der Waals surface area (Å²) in [6, 6.07) is 5.93. The first kappa shape index (κ1) is 11.9. The van der Waals surface area contributed by atoms with Crippen molar-refractivity contribution in [1.82, 2.24) is 4.98 Å². The molecule has 1 aromatic carbocycles. The number of carbonyl (C=O) groups excluding carboxylic acids is 1. The zero-order valence-electron chi connectivity index (χ0n) is 8.44. The summed E-state index contributed by atoms with van der Waals surface area (Å²) >= 11 is 6.42. The van der Waals surface area contributed by atoms with Gasteiger partial charge in [0.15, 0.2) is 4.34 Å². The van der Waals surface area contributed by atoms with Crippen LogP contribution >= 0.6 is 39.0 Å². The fourth-order valence-electron chi connectivity index (χ4n) is 1.15. The lowest BCUT2D eigenvalue weighted by atomic mass is 10.3. The molecule has 6 heteroatoms. The summed E-state index contributed by atoms with van der Waals surface area (Å²) in [5.74, 6) is -0.316. The molecule has 0 aliphatic heterocycles. The van der Waals surface area contributed by atoms with E-state index < -0.39 is 0 Å². The second kappa shape index (κ2) is 4.73. The van der Waals surface area contributed by atoms with Crippen molar-refractivity contribution in [2.24, 2.45) is 5.73 Å². The van der Waals surface area contributed by atoms with Crippen LogP contribution in [0.3, 0.4) is 0 Å². The highest BCUT2D eigenvalue weighted by atomic mass is 79.9. The number of halogens is 1. The first-order valence-corrected chi connectivity index (χ1v) is 7.08. The van der Waals surface area contributed by atoms with E-state index in [1.807, 2.05) is 18.2 Å². The third-order valence-corrected chi connectivity index (χ3v) is 4.90. The molecule has 84 valence electrons. The topological polar surface area (TPSA) is 56.0 Å². The summed E-state index contributed by atoms with van der Waals surface area (Å²) in [4.78, 5) is 15.4. The third-order valence-electron chi connectivity index (χ3n) is 2.03. The first-order valence-electron chi connectivity index (χ1n) is 4.59. The summed E-state index contributed by atoms with van der Waals surface area (Å²) < 4.78 is 2.95. The molecule has 0 saturated carbocycles. The van der Waals surface area contributed by atoms with Gasteiger partial charge in [0.05, 0.1) is 15.5 Å². The zero-order valence-corrected chi connectivity index (χ0v) is 11.7. The van der Waals surface area contributed by atoms with Crippen LogP contribution < -0.4 is 5.73 Å². The predicted molar refractivity (Wildman–Crippen MR) is 71.8 cm³/mol. The molecular formula is C10H9BrN2OS2. The Labute approximate surface area is 110 Å². The van der Waals surface area contributed by atoms with Crippen LogP contribution in [-0.2, 0) is 4.79 Å². The van der Waals surface area contributed by atoms with Crippen LogP contribution in [0.15, 0.2) is 27.0 Å². The lowest BCUT2D eigenvalue weighted by Gasteiger charge is -2.01. The Morgan fingerprint density at radius 1 is 1.62 bits per heavy atom. The van der Waals surface area contributed by atoms with Crippen molar-refractivity contribution in [3.05, 3.63) is 22.7 Å². The number of thioether (sulfide) groups is 1. The Balaban J connectivity index is 2.33. The van der Waals surface area contributed by atoms with Crippen molar-refractivity contribution < 1.29 is 4.79 Å². The number of fused-ring (bicyclic) bond motifs is 1. The predicted octanol–water partition coefficient (Wildman–Crippen LogP) is 3.02. The zero-order chi connectivity index (χ0) is 11.7. The van der Waals surface area contributed by atoms with Gasteiger partial charge < -0.3 is 5.73 Å². The van der Waals surface area contributed by atoms with Crippen LogP contribution in [0.2, 0.25) is 0 Å². The van der Waals surface area contributed by atoms with Gasteiger partial charge in [-0.25, -0.2) is 4.98 Å². The molecule has 1 heterocycles. The van der Waals surface area contributed by atoms with Gasteiger partial charge in [0.1, 0.15) is 0 Å². The molecule has 1 atom stereocenters. The van der Waals surface area contributed by atoms with E-state index in [4.69, 9.17) is 5.73 Å². The molecular weight excluding hydrogens is 308 g/mol. The Kier molecular flexibility index (Phi) is 3.51. The van der Waals surface area contributed by atoms with Crippen molar-refractivity contribution >= 4 is 55.2 Å². The maximum Gasteiger partial charge on any atom is 0.230 e. The van der Waals surface area contributed by atoms with Gasteiger partial charge in [-0.15, -0.1) is 11.3 Å². The number of para-hydroxylation sites is 1. The second-order valence-corrected chi connectivity index (χ2v) is 6.70. The average Bonchev–Trinajstić information content (AvgIpc) is 2.61. The molecule has 1 unspecified atom stereocenters. The lowest BCUT2D eigenvalue weighted by Crippen LogP contribution is -2.22. The molecule has 3 nitrogen and oxygen atoms in total. The molecule has 0 radical (unpaired) electrons. The number of rotatable bonds is 3. The monoisotopic (exact) mass is 316 g/mol. The summed E-state index contributed by atoms with van der Waals surface area (Å²) in [6.07, 6.45) is 0. The number of aromatic nitrogens is 1. The molecule has 2 aromatic rings. The van der Waals surface area contributed by atoms with Crippen molar-refractivity contribution in [2.75, 3.05) is 0 Å². The smallest absolute Gasteiger partial charge is 0.230 e. The van der Waals surface area contributed by atoms with Crippen molar-refractivity contribution in [3.8, 4) is 0 Å². The van der Waals surface area contributed by atoms with Crippen LogP contribution in [0, 0.1) is 0 Å². The molecule has 0 spiro atoms. The molecule has 2 N–H and O–H groups in total. The Morgan fingerprint density at radius 3 is 3.00 bits per heavy atom. The van der Waals surface area contributed by atoms with Gasteiger partial charge in [0.2, 0.25) is 5.91 Å². The number of nitrogens with two attached hydrogens (primary N) is 1. The lowest BCUT2D eigenvalue weighted by molar-refractivity contribution is -0.117. The normalized spacial score (nSPS) is 12.9. The van der Waals surface area contributed by atoms with Gasteiger partial charge in [0, 0.05) is 4.47 Å². The summed E-state index contributed by atoms with van der Waals surface area (Å²) in [5, 5.41) is -0.251. The number of hydrogen-bond donors (Lipinski definition) is 1. The fraction of sp³-hybridized carbons (Fsp3) is 0.200. The SMILES string of the molecule is CC(Sc1nc2c(Br)cccc2s1)C(N)=O. The van der Waals surface area contributed by atoms with Crippen LogP contribution in [0.25, 0.3) is 10.2 Å². The molecule has 2 rings (SSSR count). The van der Waals surface area contributed by atoms with Crippen LogP contribution in [0.4, 0.5) is 0 Å². The van der Waals surface area contributed by atoms with Crippen molar-refractivity contribution in [1.29, 1.82) is 0 Å². The quantitative estimate of drug-likeness (QED) is 0.885. The van der Waals surface area contributed by atoms with E-state index in [9.17, 15) is 4.79 Å². The van der Waals surface area contributed by atoms with E-state index in [0.717, 1.165) is 19.0 Å². The number of hydrogen-bond acceptors (Lipinski definition) is 4. The molecule has 16 heavy (non-hydrogen) atoms. The molecule has 0 aliphatic carbocycles. The molecule has 0 fully saturated rings. The summed E-state index contributed by atoms with van der Waals surface area (Å²) in [7, 11) is 0. The largest absolute Gasteiger partial charge is 0.369 e. The Morgan fingerprint density at radius 2 is 2.38 bits per heavy atom. The molecule has 1 aromatic heterocycles. The number of benzene rings is 1.